The Morgan fingerprint density at radius 1 is 1.36 bits per heavy atom. The smallest absolute Gasteiger partial charge is 0.330 e. The summed E-state index contributed by atoms with van der Waals surface area (Å²) in [5.41, 5.74) is -0.910. The van der Waals surface area contributed by atoms with Crippen molar-refractivity contribution in [1.29, 1.82) is 0 Å². The molecule has 0 bridgehead atoms. The number of hydrogen-bond acceptors (Lipinski definition) is 4. The molecule has 0 saturated heterocycles. The molecule has 0 spiro atoms. The maximum atomic E-state index is 13.1. The molecule has 1 aliphatic rings. The third-order valence-corrected chi connectivity index (χ3v) is 5.66. The molecule has 1 amide bonds. The number of hydrogen-bond donors (Lipinski definition) is 2. The van der Waals surface area contributed by atoms with Gasteiger partial charge in [-0.2, -0.15) is 5.10 Å². The number of carbonyl (C=O) groups excluding carboxylic acids is 1. The summed E-state index contributed by atoms with van der Waals surface area (Å²) in [5.74, 6) is -2.04. The second kappa shape index (κ2) is 7.01. The third kappa shape index (κ3) is 3.07. The summed E-state index contributed by atoms with van der Waals surface area (Å²) in [6, 6.07) is 5.69. The van der Waals surface area contributed by atoms with E-state index in [1.807, 2.05) is 6.92 Å². The lowest BCUT2D eigenvalue weighted by atomic mass is 9.54. The zero-order chi connectivity index (χ0) is 20.7. The SMILES string of the molecule is CCOC1CC(NC(=O)c2nn(-c3ccc(F)cc3)cc2C)(C(=O)O)C1(C)C. The zero-order valence-electron chi connectivity index (χ0n) is 16.3. The molecule has 28 heavy (non-hydrogen) atoms. The Balaban J connectivity index is 1.86. The molecule has 8 heteroatoms. The van der Waals surface area contributed by atoms with E-state index in [1.165, 1.54) is 16.8 Å². The van der Waals surface area contributed by atoms with E-state index >= 15 is 0 Å². The van der Waals surface area contributed by atoms with Gasteiger partial charge in [0.2, 0.25) is 0 Å². The molecular formula is C20H24FN3O4. The largest absolute Gasteiger partial charge is 0.479 e. The predicted molar refractivity (Wildman–Crippen MR) is 99.9 cm³/mol. The lowest BCUT2D eigenvalue weighted by Gasteiger charge is -2.58. The quantitative estimate of drug-likeness (QED) is 0.792. The number of nitrogens with zero attached hydrogens (tertiary/aromatic N) is 2. The lowest BCUT2D eigenvalue weighted by molar-refractivity contribution is -0.190. The van der Waals surface area contributed by atoms with Crippen molar-refractivity contribution in [3.8, 4) is 5.69 Å². The summed E-state index contributed by atoms with van der Waals surface area (Å²) in [4.78, 5) is 24.9. The summed E-state index contributed by atoms with van der Waals surface area (Å²) in [6.07, 6.45) is 1.57. The van der Waals surface area contributed by atoms with Crippen molar-refractivity contribution in [3.05, 3.63) is 47.5 Å². The first-order chi connectivity index (χ1) is 13.1. The topological polar surface area (TPSA) is 93.5 Å². The van der Waals surface area contributed by atoms with Crippen molar-refractivity contribution in [1.82, 2.24) is 15.1 Å². The number of aliphatic carboxylic acids is 1. The van der Waals surface area contributed by atoms with Gasteiger partial charge >= 0.3 is 5.97 Å². The number of aromatic nitrogens is 2. The molecule has 2 atom stereocenters. The van der Waals surface area contributed by atoms with Gasteiger partial charge in [0.1, 0.15) is 11.4 Å². The Labute approximate surface area is 162 Å². The molecule has 1 aromatic carbocycles. The summed E-state index contributed by atoms with van der Waals surface area (Å²) >= 11 is 0. The maximum absolute atomic E-state index is 13.1. The fraction of sp³-hybridized carbons (Fsp3) is 0.450. The van der Waals surface area contributed by atoms with Gasteiger partial charge in [-0.25, -0.2) is 13.9 Å². The number of benzene rings is 1. The second-order valence-electron chi connectivity index (χ2n) is 7.62. The van der Waals surface area contributed by atoms with Crippen molar-refractivity contribution >= 4 is 11.9 Å². The van der Waals surface area contributed by atoms with Crippen molar-refractivity contribution in [3.63, 3.8) is 0 Å². The molecule has 1 heterocycles. The van der Waals surface area contributed by atoms with Crippen LogP contribution in [0.25, 0.3) is 5.69 Å². The summed E-state index contributed by atoms with van der Waals surface area (Å²) in [5, 5.41) is 16.8. The fourth-order valence-corrected chi connectivity index (χ4v) is 3.70. The van der Waals surface area contributed by atoms with Crippen molar-refractivity contribution in [2.24, 2.45) is 5.41 Å². The first kappa shape index (κ1) is 20.0. The number of halogens is 1. The Kier molecular flexibility index (Phi) is 5.01. The number of carboxylic acids is 1. The predicted octanol–water partition coefficient (Wildman–Crippen LogP) is 2.71. The van der Waals surface area contributed by atoms with E-state index in [-0.39, 0.29) is 24.0 Å². The normalized spacial score (nSPS) is 23.1. The van der Waals surface area contributed by atoms with Gasteiger partial charge in [-0.1, -0.05) is 13.8 Å². The van der Waals surface area contributed by atoms with E-state index in [4.69, 9.17) is 4.74 Å². The van der Waals surface area contributed by atoms with Crippen LogP contribution in [-0.2, 0) is 9.53 Å². The molecule has 1 aliphatic carbocycles. The van der Waals surface area contributed by atoms with Gasteiger partial charge in [-0.15, -0.1) is 0 Å². The third-order valence-electron chi connectivity index (χ3n) is 5.66. The van der Waals surface area contributed by atoms with Crippen LogP contribution in [-0.4, -0.2) is 45.0 Å². The highest BCUT2D eigenvalue weighted by Crippen LogP contribution is 2.51. The van der Waals surface area contributed by atoms with Crippen molar-refractivity contribution in [2.45, 2.75) is 45.8 Å². The van der Waals surface area contributed by atoms with Gasteiger partial charge in [0.25, 0.3) is 5.91 Å². The standard InChI is InChI=1S/C20H24FN3O4/c1-5-28-15-10-20(18(26)27,19(15,3)4)22-17(25)16-12(2)11-24(23-16)14-8-6-13(21)7-9-14/h6-9,11,15H,5,10H2,1-4H3,(H,22,25)(H,26,27). The Hall–Kier alpha value is -2.74. The summed E-state index contributed by atoms with van der Waals surface area (Å²) in [7, 11) is 0. The van der Waals surface area contributed by atoms with Crippen LogP contribution < -0.4 is 5.32 Å². The number of nitrogens with one attached hydrogen (secondary N) is 1. The van der Waals surface area contributed by atoms with Crippen LogP contribution in [0.2, 0.25) is 0 Å². The molecule has 1 aromatic heterocycles. The minimum absolute atomic E-state index is 0.126. The first-order valence-corrected chi connectivity index (χ1v) is 9.12. The van der Waals surface area contributed by atoms with E-state index < -0.39 is 22.8 Å². The first-order valence-electron chi connectivity index (χ1n) is 9.12. The fourth-order valence-electron chi connectivity index (χ4n) is 3.70. The molecular weight excluding hydrogens is 365 g/mol. The average molecular weight is 389 g/mol. The summed E-state index contributed by atoms with van der Waals surface area (Å²) < 4.78 is 20.2. The number of rotatable bonds is 6. The molecule has 0 radical (unpaired) electrons. The van der Waals surface area contributed by atoms with Gasteiger partial charge in [0, 0.05) is 30.2 Å². The highest BCUT2D eigenvalue weighted by molar-refractivity contribution is 5.98. The van der Waals surface area contributed by atoms with Crippen LogP contribution >= 0.6 is 0 Å². The number of ether oxygens (including phenoxy) is 1. The summed E-state index contributed by atoms with van der Waals surface area (Å²) in [6.45, 7) is 7.58. The van der Waals surface area contributed by atoms with Crippen LogP contribution in [0.1, 0.15) is 43.2 Å². The molecule has 1 saturated carbocycles. The molecule has 2 N–H and O–H groups in total. The Morgan fingerprint density at radius 3 is 2.54 bits per heavy atom. The van der Waals surface area contributed by atoms with Crippen LogP contribution in [0.4, 0.5) is 4.39 Å². The number of carbonyl (C=O) groups is 2. The molecule has 150 valence electrons. The van der Waals surface area contributed by atoms with Gasteiger partial charge in [0.15, 0.2) is 5.69 Å². The van der Waals surface area contributed by atoms with Gasteiger partial charge in [-0.3, -0.25) is 4.79 Å². The highest BCUT2D eigenvalue weighted by Gasteiger charge is 2.66. The highest BCUT2D eigenvalue weighted by atomic mass is 19.1. The number of aryl methyl sites for hydroxylation is 1. The minimum Gasteiger partial charge on any atom is -0.479 e. The second-order valence-corrected chi connectivity index (χ2v) is 7.62. The van der Waals surface area contributed by atoms with E-state index in [2.05, 4.69) is 10.4 Å². The van der Waals surface area contributed by atoms with Gasteiger partial charge in [-0.05, 0) is 38.1 Å². The number of amides is 1. The van der Waals surface area contributed by atoms with Gasteiger partial charge in [0.05, 0.1) is 11.8 Å². The Morgan fingerprint density at radius 2 is 2.00 bits per heavy atom. The van der Waals surface area contributed by atoms with Gasteiger partial charge < -0.3 is 15.2 Å². The van der Waals surface area contributed by atoms with E-state index in [1.54, 1.807) is 39.1 Å². The molecule has 2 aromatic rings. The van der Waals surface area contributed by atoms with Crippen LogP contribution in [0.3, 0.4) is 0 Å². The average Bonchev–Trinajstić information content (AvgIpc) is 3.02. The molecule has 3 rings (SSSR count). The van der Waals surface area contributed by atoms with E-state index in [9.17, 15) is 19.1 Å². The number of carboxylic acid groups (broad SMARTS) is 1. The minimum atomic E-state index is -1.43. The van der Waals surface area contributed by atoms with E-state index in [0.717, 1.165) is 0 Å². The lowest BCUT2D eigenvalue weighted by Crippen LogP contribution is -2.76. The zero-order valence-corrected chi connectivity index (χ0v) is 16.3. The monoisotopic (exact) mass is 389 g/mol. The molecule has 2 unspecified atom stereocenters. The maximum Gasteiger partial charge on any atom is 0.330 e. The molecule has 0 aliphatic heterocycles. The van der Waals surface area contributed by atoms with Crippen LogP contribution in [0.15, 0.2) is 30.5 Å². The molecule has 1 fully saturated rings. The van der Waals surface area contributed by atoms with Crippen molar-refractivity contribution in [2.75, 3.05) is 6.61 Å². The van der Waals surface area contributed by atoms with Crippen LogP contribution in [0.5, 0.6) is 0 Å². The Bertz CT molecular complexity index is 907. The van der Waals surface area contributed by atoms with Crippen molar-refractivity contribution < 1.29 is 23.8 Å². The van der Waals surface area contributed by atoms with E-state index in [0.29, 0.717) is 17.9 Å². The van der Waals surface area contributed by atoms with Crippen LogP contribution in [0, 0.1) is 18.2 Å². The molecule has 7 nitrogen and oxygen atoms in total.